The highest BCUT2D eigenvalue weighted by Gasteiger charge is 2.19. The fourth-order valence-corrected chi connectivity index (χ4v) is 10.3. The minimum atomic E-state index is 0.675. The second-order valence-corrected chi connectivity index (χ2v) is 17.3. The minimum Gasteiger partial charge on any atom is -0.309 e. The van der Waals surface area contributed by atoms with Crippen molar-refractivity contribution in [1.29, 1.82) is 0 Å². The maximum absolute atomic E-state index is 5.41. The van der Waals surface area contributed by atoms with Crippen molar-refractivity contribution in [1.82, 2.24) is 14.5 Å². The number of para-hydroxylation sites is 2. The number of hydrogen-bond donors (Lipinski definition) is 0. The van der Waals surface area contributed by atoms with Crippen LogP contribution in [-0.4, -0.2) is 14.5 Å². The molecule has 0 spiro atoms. The van der Waals surface area contributed by atoms with Gasteiger partial charge >= 0.3 is 0 Å². The Hall–Kier alpha value is -8.92. The van der Waals surface area contributed by atoms with E-state index in [0.717, 1.165) is 56.0 Å². The van der Waals surface area contributed by atoms with Crippen LogP contribution in [0.25, 0.3) is 127 Å². The molecule has 0 radical (unpaired) electrons. The SMILES string of the molecule is c1ccc(-c2ccccc2-c2cc(-c3cccc(-c4cccc5c4c4ccccc4n5-c4ccccc4)c3)nc(-c3ccc(-c4c5ccccc5cc5c4ccc4ccccc45)cc3)n2)cc1. The minimum absolute atomic E-state index is 0.675. The maximum atomic E-state index is 5.41. The molecule has 0 aliphatic heterocycles. The van der Waals surface area contributed by atoms with Crippen molar-refractivity contribution < 1.29 is 0 Å². The Morgan fingerprint density at radius 1 is 0.284 bits per heavy atom. The summed E-state index contributed by atoms with van der Waals surface area (Å²) in [6.45, 7) is 0. The van der Waals surface area contributed by atoms with Gasteiger partial charge in [0.1, 0.15) is 0 Å². The zero-order valence-electron chi connectivity index (χ0n) is 36.5. The van der Waals surface area contributed by atoms with Gasteiger partial charge in [0, 0.05) is 33.2 Å². The van der Waals surface area contributed by atoms with Gasteiger partial charge in [0.2, 0.25) is 0 Å². The molecule has 3 heteroatoms. The Morgan fingerprint density at radius 2 is 0.881 bits per heavy atom. The number of nitrogens with zero attached hydrogens (tertiary/aromatic N) is 3. The first-order chi connectivity index (χ1) is 33.2. The van der Waals surface area contributed by atoms with Crippen molar-refractivity contribution in [2.45, 2.75) is 0 Å². The smallest absolute Gasteiger partial charge is 0.160 e. The molecule has 0 N–H and O–H groups in total. The first kappa shape index (κ1) is 38.5. The lowest BCUT2D eigenvalue weighted by Gasteiger charge is -2.15. The number of rotatable bonds is 7. The summed E-state index contributed by atoms with van der Waals surface area (Å²) < 4.78 is 2.38. The van der Waals surface area contributed by atoms with Gasteiger partial charge in [0.15, 0.2) is 5.82 Å². The van der Waals surface area contributed by atoms with Gasteiger partial charge in [-0.3, -0.25) is 0 Å². The van der Waals surface area contributed by atoms with Crippen LogP contribution in [-0.2, 0) is 0 Å². The van der Waals surface area contributed by atoms with Crippen LogP contribution in [0.15, 0.2) is 249 Å². The molecule has 3 nitrogen and oxygen atoms in total. The average Bonchev–Trinajstić information content (AvgIpc) is 3.75. The molecule has 0 aliphatic rings. The Labute approximate surface area is 388 Å². The van der Waals surface area contributed by atoms with Crippen LogP contribution >= 0.6 is 0 Å². The van der Waals surface area contributed by atoms with Gasteiger partial charge in [-0.2, -0.15) is 0 Å². The quantitative estimate of drug-likeness (QED) is 0.118. The molecule has 2 heterocycles. The van der Waals surface area contributed by atoms with Crippen LogP contribution in [0.1, 0.15) is 0 Å². The van der Waals surface area contributed by atoms with E-state index in [1.807, 2.05) is 0 Å². The van der Waals surface area contributed by atoms with Crippen molar-refractivity contribution >= 4 is 54.1 Å². The third kappa shape index (κ3) is 6.59. The maximum Gasteiger partial charge on any atom is 0.160 e. The molecule has 312 valence electrons. The van der Waals surface area contributed by atoms with Crippen molar-refractivity contribution in [3.8, 4) is 73.0 Å². The molecule has 13 rings (SSSR count). The molecular formula is C64H41N3. The summed E-state index contributed by atoms with van der Waals surface area (Å²) >= 11 is 0. The number of fused-ring (bicyclic) bond motifs is 7. The fraction of sp³-hybridized carbons (Fsp3) is 0. The monoisotopic (exact) mass is 851 g/mol. The van der Waals surface area contributed by atoms with Crippen molar-refractivity contribution in [3.05, 3.63) is 249 Å². The molecule has 0 aliphatic carbocycles. The Morgan fingerprint density at radius 3 is 1.72 bits per heavy atom. The van der Waals surface area contributed by atoms with E-state index in [0.29, 0.717) is 5.82 Å². The molecule has 0 bridgehead atoms. The second kappa shape index (κ2) is 16.0. The predicted molar refractivity (Wildman–Crippen MR) is 282 cm³/mol. The largest absolute Gasteiger partial charge is 0.309 e. The van der Waals surface area contributed by atoms with Crippen LogP contribution in [0, 0.1) is 0 Å². The summed E-state index contributed by atoms with van der Waals surface area (Å²) in [4.78, 5) is 10.8. The molecule has 11 aromatic carbocycles. The van der Waals surface area contributed by atoms with Gasteiger partial charge in [0.25, 0.3) is 0 Å². The third-order valence-corrected chi connectivity index (χ3v) is 13.4. The molecule has 0 amide bonds. The summed E-state index contributed by atoms with van der Waals surface area (Å²) in [6, 6.07) is 89.3. The lowest BCUT2D eigenvalue weighted by molar-refractivity contribution is 1.18. The number of benzene rings is 11. The normalized spacial score (nSPS) is 11.6. The van der Waals surface area contributed by atoms with E-state index in [1.165, 1.54) is 65.3 Å². The Balaban J connectivity index is 0.979. The van der Waals surface area contributed by atoms with Gasteiger partial charge in [-0.25, -0.2) is 9.97 Å². The average molecular weight is 852 g/mol. The van der Waals surface area contributed by atoms with Crippen LogP contribution in [0.3, 0.4) is 0 Å². The van der Waals surface area contributed by atoms with E-state index in [2.05, 4.69) is 253 Å². The van der Waals surface area contributed by atoms with E-state index in [9.17, 15) is 0 Å². The lowest BCUT2D eigenvalue weighted by atomic mass is 9.89. The molecule has 0 saturated carbocycles. The third-order valence-electron chi connectivity index (χ3n) is 13.4. The second-order valence-electron chi connectivity index (χ2n) is 17.3. The molecule has 0 unspecified atom stereocenters. The van der Waals surface area contributed by atoms with Gasteiger partial charge < -0.3 is 4.57 Å². The van der Waals surface area contributed by atoms with Crippen molar-refractivity contribution in [2.75, 3.05) is 0 Å². The fourth-order valence-electron chi connectivity index (χ4n) is 10.3. The van der Waals surface area contributed by atoms with E-state index < -0.39 is 0 Å². The summed E-state index contributed by atoms with van der Waals surface area (Å²) in [5, 5.41) is 9.91. The van der Waals surface area contributed by atoms with E-state index in [1.54, 1.807) is 0 Å². The zero-order chi connectivity index (χ0) is 44.3. The first-order valence-electron chi connectivity index (χ1n) is 22.9. The van der Waals surface area contributed by atoms with Crippen LogP contribution in [0.5, 0.6) is 0 Å². The molecule has 13 aromatic rings. The van der Waals surface area contributed by atoms with Crippen molar-refractivity contribution in [2.24, 2.45) is 0 Å². The van der Waals surface area contributed by atoms with Crippen LogP contribution < -0.4 is 0 Å². The topological polar surface area (TPSA) is 30.7 Å². The van der Waals surface area contributed by atoms with Gasteiger partial charge in [0.05, 0.1) is 22.4 Å². The zero-order valence-corrected chi connectivity index (χ0v) is 36.5. The molecule has 2 aromatic heterocycles. The van der Waals surface area contributed by atoms with Gasteiger partial charge in [-0.05, 0) is 108 Å². The lowest BCUT2D eigenvalue weighted by Crippen LogP contribution is -1.97. The standard InChI is InChI=1S/C64H41N3/c1-3-17-42(18-4-1)50-25-11-12-28-54(50)59-41-58(48-22-15-21-46(39-48)53-30-16-32-61-63(53)56-29-13-14-31-60(56)67(61)49-23-5-2-6-24-49)65-64(66-59)45-35-33-44(34-36-45)62-52-27-10-8-20-47(52)40-57-51-26-9-7-19-43(51)37-38-55(57)62/h1-41H. The van der Waals surface area contributed by atoms with Crippen LogP contribution in [0.4, 0.5) is 0 Å². The molecule has 0 saturated heterocycles. The van der Waals surface area contributed by atoms with Gasteiger partial charge in [-0.15, -0.1) is 0 Å². The summed E-state index contributed by atoms with van der Waals surface area (Å²) in [6.07, 6.45) is 0. The van der Waals surface area contributed by atoms with E-state index in [4.69, 9.17) is 9.97 Å². The molecular weight excluding hydrogens is 811 g/mol. The molecule has 0 fully saturated rings. The molecule has 0 atom stereocenters. The van der Waals surface area contributed by atoms with E-state index in [-0.39, 0.29) is 0 Å². The summed E-state index contributed by atoms with van der Waals surface area (Å²) in [7, 11) is 0. The predicted octanol–water partition coefficient (Wildman–Crippen LogP) is 17.0. The number of hydrogen-bond acceptors (Lipinski definition) is 2. The number of aromatic nitrogens is 3. The molecule has 67 heavy (non-hydrogen) atoms. The Bertz CT molecular complexity index is 4020. The van der Waals surface area contributed by atoms with Crippen molar-refractivity contribution in [3.63, 3.8) is 0 Å². The summed E-state index contributed by atoms with van der Waals surface area (Å²) in [5.74, 6) is 0.675. The highest BCUT2D eigenvalue weighted by Crippen LogP contribution is 2.42. The van der Waals surface area contributed by atoms with Gasteiger partial charge in [-0.1, -0.05) is 206 Å². The highest BCUT2D eigenvalue weighted by molar-refractivity contribution is 6.20. The van der Waals surface area contributed by atoms with E-state index >= 15 is 0 Å². The summed E-state index contributed by atoms with van der Waals surface area (Å²) in [5.41, 5.74) is 15.2. The Kier molecular flexibility index (Phi) is 9.17. The highest BCUT2D eigenvalue weighted by atomic mass is 15.0. The van der Waals surface area contributed by atoms with Crippen LogP contribution in [0.2, 0.25) is 0 Å². The first-order valence-corrected chi connectivity index (χ1v) is 22.9.